The number of ether oxygens (including phenoxy) is 3. The third kappa shape index (κ3) is 8.33. The van der Waals surface area contributed by atoms with Crippen molar-refractivity contribution in [3.05, 3.63) is 34.5 Å². The highest BCUT2D eigenvalue weighted by Crippen LogP contribution is 2.37. The number of rotatable bonds is 6. The molecule has 1 aromatic rings. The first-order chi connectivity index (χ1) is 13.5. The first kappa shape index (κ1) is 24.3. The van der Waals surface area contributed by atoms with Crippen molar-refractivity contribution in [3.8, 4) is 11.5 Å². The summed E-state index contributed by atoms with van der Waals surface area (Å²) in [6, 6.07) is 3.21. The van der Waals surface area contributed by atoms with Gasteiger partial charge in [0.25, 0.3) is 0 Å². The van der Waals surface area contributed by atoms with E-state index in [1.54, 1.807) is 17.0 Å². The Morgan fingerprint density at radius 3 is 2.31 bits per heavy atom. The lowest BCUT2D eigenvalue weighted by atomic mass is 9.98. The molecule has 0 unspecified atom stereocenters. The second-order valence-corrected chi connectivity index (χ2v) is 9.70. The molecule has 1 aromatic carbocycles. The fourth-order valence-electron chi connectivity index (χ4n) is 2.73. The number of hydrogen-bond acceptors (Lipinski definition) is 4. The van der Waals surface area contributed by atoms with E-state index in [-0.39, 0.29) is 6.09 Å². The molecule has 1 saturated heterocycles. The van der Waals surface area contributed by atoms with Crippen LogP contribution >= 0.6 is 46.4 Å². The van der Waals surface area contributed by atoms with Crippen LogP contribution in [-0.2, 0) is 4.74 Å². The molecule has 0 aliphatic carbocycles. The molecule has 0 radical (unpaired) electrons. The molecule has 1 aliphatic heterocycles. The predicted molar refractivity (Wildman–Crippen MR) is 118 cm³/mol. The topological polar surface area (TPSA) is 48.0 Å². The number of alkyl halides is 2. The fraction of sp³-hybridized carbons (Fsp3) is 0.550. The summed E-state index contributed by atoms with van der Waals surface area (Å²) >= 11 is 23.8. The van der Waals surface area contributed by atoms with E-state index in [9.17, 15) is 4.79 Å². The molecule has 0 bridgehead atoms. The molecule has 5 nitrogen and oxygen atoms in total. The molecule has 1 fully saturated rings. The van der Waals surface area contributed by atoms with Crippen molar-refractivity contribution in [2.45, 2.75) is 44.1 Å². The Kier molecular flexibility index (Phi) is 9.08. The summed E-state index contributed by atoms with van der Waals surface area (Å²) in [7, 11) is 0. The van der Waals surface area contributed by atoms with Crippen LogP contribution in [0.4, 0.5) is 4.79 Å². The number of piperidine rings is 1. The van der Waals surface area contributed by atoms with Gasteiger partial charge in [-0.3, -0.25) is 0 Å². The van der Waals surface area contributed by atoms with Gasteiger partial charge < -0.3 is 19.1 Å². The minimum atomic E-state index is -0.662. The second kappa shape index (κ2) is 10.9. The number of amides is 1. The highest BCUT2D eigenvalue weighted by Gasteiger charge is 2.27. The molecule has 0 saturated carbocycles. The van der Waals surface area contributed by atoms with Crippen molar-refractivity contribution >= 4 is 52.5 Å². The molecule has 1 heterocycles. The van der Waals surface area contributed by atoms with Crippen molar-refractivity contribution in [2.75, 3.05) is 19.7 Å². The molecule has 9 heteroatoms. The van der Waals surface area contributed by atoms with Crippen molar-refractivity contribution in [1.29, 1.82) is 0 Å². The van der Waals surface area contributed by atoms with Gasteiger partial charge in [0.05, 0.1) is 22.9 Å². The Hall–Kier alpha value is -1.01. The molecular formula is C20H25Cl4NO4. The number of likely N-dealkylation sites (tertiary alicyclic amines) is 1. The summed E-state index contributed by atoms with van der Waals surface area (Å²) in [5.74, 6) is 1.15. The summed E-state index contributed by atoms with van der Waals surface area (Å²) in [4.78, 5) is 13.2. The zero-order valence-electron chi connectivity index (χ0n) is 16.6. The van der Waals surface area contributed by atoms with Gasteiger partial charge in [-0.05, 0) is 45.6 Å². The minimum Gasteiger partial charge on any atom is -0.490 e. The van der Waals surface area contributed by atoms with Crippen LogP contribution in [0, 0.1) is 5.92 Å². The molecule has 0 atom stereocenters. The lowest BCUT2D eigenvalue weighted by Crippen LogP contribution is -2.42. The molecule has 2 rings (SSSR count). The van der Waals surface area contributed by atoms with E-state index in [0.29, 0.717) is 47.2 Å². The van der Waals surface area contributed by atoms with Crippen molar-refractivity contribution in [2.24, 2.45) is 5.92 Å². The van der Waals surface area contributed by atoms with Crippen LogP contribution in [0.2, 0.25) is 10.0 Å². The normalized spacial score (nSPS) is 15.8. The summed E-state index contributed by atoms with van der Waals surface area (Å²) in [6.45, 7) is 7.30. The van der Waals surface area contributed by atoms with Gasteiger partial charge in [-0.25, -0.2) is 4.79 Å². The third-order valence-electron chi connectivity index (χ3n) is 4.13. The Morgan fingerprint density at radius 1 is 1.21 bits per heavy atom. The van der Waals surface area contributed by atoms with Gasteiger partial charge in [-0.2, -0.15) is 0 Å². The maximum absolute atomic E-state index is 12.1. The fourth-order valence-corrected chi connectivity index (χ4v) is 3.42. The van der Waals surface area contributed by atoms with E-state index in [1.807, 2.05) is 20.8 Å². The maximum Gasteiger partial charge on any atom is 0.410 e. The summed E-state index contributed by atoms with van der Waals surface area (Å²) < 4.78 is 16.7. The maximum atomic E-state index is 12.1. The van der Waals surface area contributed by atoms with Crippen LogP contribution < -0.4 is 9.47 Å². The number of carbonyl (C=O) groups is 1. The standard InChI is InChI=1S/C20H25Cl4NO4/c1-20(2,3)29-19(26)25-7-4-13(5-8-25)12-28-18-15(21)10-14(11-16(18)22)27-9-6-17(23)24/h6,9-11,13,17H,4-5,7-8,12H2,1-3H3. The zero-order chi connectivity index (χ0) is 21.6. The zero-order valence-corrected chi connectivity index (χ0v) is 19.6. The van der Waals surface area contributed by atoms with E-state index in [4.69, 9.17) is 60.6 Å². The molecule has 1 amide bonds. The molecule has 29 heavy (non-hydrogen) atoms. The van der Waals surface area contributed by atoms with E-state index in [2.05, 4.69) is 0 Å². The van der Waals surface area contributed by atoms with E-state index >= 15 is 0 Å². The highest BCUT2D eigenvalue weighted by molar-refractivity contribution is 6.45. The smallest absolute Gasteiger partial charge is 0.410 e. The van der Waals surface area contributed by atoms with Crippen LogP contribution in [0.5, 0.6) is 11.5 Å². The van der Waals surface area contributed by atoms with Crippen molar-refractivity contribution in [3.63, 3.8) is 0 Å². The quantitative estimate of drug-likeness (QED) is 0.332. The first-order valence-corrected chi connectivity index (χ1v) is 10.9. The van der Waals surface area contributed by atoms with E-state index < -0.39 is 10.4 Å². The summed E-state index contributed by atoms with van der Waals surface area (Å²) in [5, 5.41) is 0.695. The molecule has 0 spiro atoms. The Morgan fingerprint density at radius 2 is 1.79 bits per heavy atom. The lowest BCUT2D eigenvalue weighted by Gasteiger charge is -2.33. The van der Waals surface area contributed by atoms with Gasteiger partial charge in [0.1, 0.15) is 16.2 Å². The van der Waals surface area contributed by atoms with Crippen LogP contribution in [-0.4, -0.2) is 41.1 Å². The number of benzene rings is 1. The van der Waals surface area contributed by atoms with E-state index in [0.717, 1.165) is 12.8 Å². The number of allylic oxidation sites excluding steroid dienone is 1. The molecule has 162 valence electrons. The van der Waals surface area contributed by atoms with E-state index in [1.165, 1.54) is 12.3 Å². The average molecular weight is 485 g/mol. The summed E-state index contributed by atoms with van der Waals surface area (Å²) in [5.41, 5.74) is -0.494. The number of nitrogens with zero attached hydrogens (tertiary/aromatic N) is 1. The minimum absolute atomic E-state index is 0.276. The van der Waals surface area contributed by atoms with Gasteiger partial charge in [0.15, 0.2) is 5.75 Å². The summed E-state index contributed by atoms with van der Waals surface area (Å²) in [6.07, 6.45) is 4.20. The van der Waals surface area contributed by atoms with Gasteiger partial charge in [-0.15, -0.1) is 23.2 Å². The van der Waals surface area contributed by atoms with Crippen molar-refractivity contribution in [1.82, 2.24) is 4.90 Å². The third-order valence-corrected chi connectivity index (χ3v) is 4.98. The number of halogens is 4. The first-order valence-electron chi connectivity index (χ1n) is 9.26. The predicted octanol–water partition coefficient (Wildman–Crippen LogP) is 6.72. The van der Waals surface area contributed by atoms with Gasteiger partial charge in [0, 0.05) is 25.2 Å². The average Bonchev–Trinajstić information content (AvgIpc) is 2.59. The largest absolute Gasteiger partial charge is 0.490 e. The van der Waals surface area contributed by atoms with Gasteiger partial charge in [-0.1, -0.05) is 23.2 Å². The van der Waals surface area contributed by atoms with Crippen molar-refractivity contribution < 1.29 is 19.0 Å². The highest BCUT2D eigenvalue weighted by atomic mass is 35.5. The number of carbonyl (C=O) groups excluding carboxylic acids is 1. The second-order valence-electron chi connectivity index (χ2n) is 7.72. The van der Waals surface area contributed by atoms with Gasteiger partial charge in [0.2, 0.25) is 0 Å². The molecular weight excluding hydrogens is 460 g/mol. The monoisotopic (exact) mass is 483 g/mol. The molecule has 1 aliphatic rings. The Labute approximate surface area is 191 Å². The lowest BCUT2D eigenvalue weighted by molar-refractivity contribution is 0.0165. The SMILES string of the molecule is CC(C)(C)OC(=O)N1CCC(COc2c(Cl)cc(OC=CC(Cl)Cl)cc2Cl)CC1. The number of hydrogen-bond donors (Lipinski definition) is 0. The van der Waals surface area contributed by atoms with Crippen LogP contribution in [0.3, 0.4) is 0 Å². The molecule has 0 N–H and O–H groups in total. The van der Waals surface area contributed by atoms with Crippen LogP contribution in [0.25, 0.3) is 0 Å². The molecule has 0 aromatic heterocycles. The van der Waals surface area contributed by atoms with Crippen LogP contribution in [0.15, 0.2) is 24.5 Å². The Bertz CT molecular complexity index is 703. The Balaban J connectivity index is 1.85. The van der Waals surface area contributed by atoms with Crippen LogP contribution in [0.1, 0.15) is 33.6 Å². The van der Waals surface area contributed by atoms with Gasteiger partial charge >= 0.3 is 6.09 Å².